The minimum absolute atomic E-state index is 0. The van der Waals surface area contributed by atoms with E-state index in [0.717, 1.165) is 43.6 Å². The number of Topliss-reactive ketones (excluding diaryl/α,β-unsaturated/α-hetero) is 2. The summed E-state index contributed by atoms with van der Waals surface area (Å²) < 4.78 is 0. The number of hydrogen-bond donors (Lipinski definition) is 5. The molecule has 0 spiro atoms. The number of aromatic hydroxyl groups is 1. The number of likely N-dealkylation sites (tertiary alicyclic amines) is 1. The molecule has 3 aliphatic carbocycles. The molecular weight excluding hydrogens is 586 g/mol. The molecule has 4 aliphatic rings. The van der Waals surface area contributed by atoms with Crippen molar-refractivity contribution >= 4 is 23.2 Å². The average Bonchev–Trinajstić information content (AvgIpc) is 2.99. The molecule has 6 N–H and O–H groups in total. The highest BCUT2D eigenvalue weighted by atomic mass is 16.3. The third kappa shape index (κ3) is 5.32. The molecule has 1 amide bonds. The second-order valence-corrected chi connectivity index (χ2v) is 13.2. The number of amides is 1. The van der Waals surface area contributed by atoms with Crippen LogP contribution in [0.3, 0.4) is 0 Å². The third-order valence-corrected chi connectivity index (χ3v) is 10.2. The van der Waals surface area contributed by atoms with Gasteiger partial charge in [0.15, 0.2) is 11.4 Å². The topological polar surface area (TPSA) is 165 Å². The number of carbonyl (C=O) groups is 3. The number of rotatable bonds is 7. The van der Waals surface area contributed by atoms with Crippen molar-refractivity contribution in [3.8, 4) is 16.9 Å². The van der Waals surface area contributed by atoms with Crippen LogP contribution in [0.4, 0.5) is 0 Å². The molecule has 10 heteroatoms. The van der Waals surface area contributed by atoms with Gasteiger partial charge in [-0.2, -0.15) is 0 Å². The number of aliphatic hydroxyl groups is 3. The minimum Gasteiger partial charge on any atom is -0.508 e. The fourth-order valence-electron chi connectivity index (χ4n) is 8.10. The lowest BCUT2D eigenvalue weighted by atomic mass is 9.57. The normalized spacial score (nSPS) is 26.4. The van der Waals surface area contributed by atoms with Gasteiger partial charge in [-0.25, -0.2) is 0 Å². The van der Waals surface area contributed by atoms with E-state index in [1.54, 1.807) is 20.2 Å². The molecule has 4 atom stereocenters. The number of primary amides is 1. The molecule has 1 heterocycles. The number of nitrogens with zero attached hydrogens (tertiary/aromatic N) is 2. The van der Waals surface area contributed by atoms with E-state index in [4.69, 9.17) is 5.73 Å². The first-order chi connectivity index (χ1) is 21.4. The van der Waals surface area contributed by atoms with Crippen LogP contribution in [-0.2, 0) is 27.2 Å². The van der Waals surface area contributed by atoms with Gasteiger partial charge in [0.2, 0.25) is 5.78 Å². The summed E-state index contributed by atoms with van der Waals surface area (Å²) in [5.41, 5.74) is 5.45. The van der Waals surface area contributed by atoms with Crippen molar-refractivity contribution in [3.05, 3.63) is 70.0 Å². The fourth-order valence-corrected chi connectivity index (χ4v) is 8.10. The minimum atomic E-state index is -2.65. The van der Waals surface area contributed by atoms with Gasteiger partial charge in [0, 0.05) is 11.5 Å². The number of carbonyl (C=O) groups excluding carboxylic acids is 3. The van der Waals surface area contributed by atoms with Gasteiger partial charge in [-0.1, -0.05) is 44.2 Å². The molecule has 10 nitrogen and oxygen atoms in total. The van der Waals surface area contributed by atoms with Gasteiger partial charge in [0.05, 0.1) is 11.6 Å². The van der Waals surface area contributed by atoms with Crippen LogP contribution in [0.15, 0.2) is 53.3 Å². The lowest BCUT2D eigenvalue weighted by Gasteiger charge is -2.50. The first-order valence-electron chi connectivity index (χ1n) is 15.8. The number of piperidine rings is 1. The van der Waals surface area contributed by atoms with Gasteiger partial charge in [-0.05, 0) is 106 Å². The van der Waals surface area contributed by atoms with Crippen molar-refractivity contribution < 1.29 is 34.8 Å². The Hall–Kier alpha value is -3.99. The molecule has 46 heavy (non-hydrogen) atoms. The summed E-state index contributed by atoms with van der Waals surface area (Å²) in [6.07, 6.45) is 6.09. The summed E-state index contributed by atoms with van der Waals surface area (Å²) in [4.78, 5) is 43.6. The molecule has 1 saturated carbocycles. The number of nitrogens with two attached hydrogens (primary N) is 1. The van der Waals surface area contributed by atoms with Crippen molar-refractivity contribution in [1.29, 1.82) is 0 Å². The van der Waals surface area contributed by atoms with E-state index in [2.05, 4.69) is 17.0 Å². The van der Waals surface area contributed by atoms with Crippen LogP contribution < -0.4 is 5.73 Å². The van der Waals surface area contributed by atoms with Gasteiger partial charge >= 0.3 is 0 Å². The number of hydrogen-bond acceptors (Lipinski definition) is 9. The maximum Gasteiger partial charge on any atom is 0.255 e. The molecule has 0 bridgehead atoms. The molecular formula is C36H45N3O7. The Morgan fingerprint density at radius 2 is 1.78 bits per heavy atom. The lowest BCUT2D eigenvalue weighted by molar-refractivity contribution is -0.153. The van der Waals surface area contributed by atoms with Crippen LogP contribution in [0.1, 0.15) is 56.2 Å². The Morgan fingerprint density at radius 3 is 2.46 bits per heavy atom. The largest absolute Gasteiger partial charge is 0.508 e. The van der Waals surface area contributed by atoms with Crippen LogP contribution in [0.5, 0.6) is 5.75 Å². The third-order valence-electron chi connectivity index (χ3n) is 10.2. The van der Waals surface area contributed by atoms with Gasteiger partial charge in [0.25, 0.3) is 5.91 Å². The maximum absolute atomic E-state index is 14.1. The number of ketones is 2. The van der Waals surface area contributed by atoms with Crippen molar-refractivity contribution in [2.24, 2.45) is 17.6 Å². The molecule has 6 rings (SSSR count). The van der Waals surface area contributed by atoms with Crippen molar-refractivity contribution in [2.45, 2.75) is 64.0 Å². The van der Waals surface area contributed by atoms with Gasteiger partial charge in [-0.3, -0.25) is 19.3 Å². The van der Waals surface area contributed by atoms with Crippen molar-refractivity contribution in [3.63, 3.8) is 0 Å². The van der Waals surface area contributed by atoms with Gasteiger partial charge < -0.3 is 31.1 Å². The van der Waals surface area contributed by atoms with Crippen LogP contribution in [-0.4, -0.2) is 93.1 Å². The summed E-state index contributed by atoms with van der Waals surface area (Å²) >= 11 is 0. The first kappa shape index (κ1) is 33.4. The monoisotopic (exact) mass is 631 g/mol. The predicted molar refractivity (Wildman–Crippen MR) is 175 cm³/mol. The lowest BCUT2D eigenvalue weighted by Crippen LogP contribution is -2.65. The molecule has 2 aromatic carbocycles. The number of phenols is 1. The maximum atomic E-state index is 14.1. The highest BCUT2D eigenvalue weighted by Gasteiger charge is 2.64. The van der Waals surface area contributed by atoms with Crippen LogP contribution in [0.2, 0.25) is 0 Å². The van der Waals surface area contributed by atoms with Gasteiger partial charge in [0.1, 0.15) is 22.8 Å². The number of aliphatic hydroxyl groups excluding tert-OH is 2. The van der Waals surface area contributed by atoms with E-state index in [-0.39, 0.29) is 37.2 Å². The summed E-state index contributed by atoms with van der Waals surface area (Å²) in [7, 11) is 3.17. The molecule has 0 aromatic heterocycles. The second-order valence-electron chi connectivity index (χ2n) is 13.2. The Labute approximate surface area is 269 Å². The van der Waals surface area contributed by atoms with E-state index in [0.29, 0.717) is 5.56 Å². The summed E-state index contributed by atoms with van der Waals surface area (Å²) in [6.45, 7) is 3.38. The number of aryl methyl sites for hydroxylation is 1. The average molecular weight is 632 g/mol. The first-order valence-corrected chi connectivity index (χ1v) is 15.8. The molecule has 2 fully saturated rings. The van der Waals surface area contributed by atoms with Crippen molar-refractivity contribution in [2.75, 3.05) is 33.7 Å². The molecule has 1 aliphatic heterocycles. The van der Waals surface area contributed by atoms with Gasteiger partial charge in [-0.15, -0.1) is 0 Å². The smallest absolute Gasteiger partial charge is 0.255 e. The van der Waals surface area contributed by atoms with Crippen LogP contribution in [0.25, 0.3) is 16.9 Å². The highest BCUT2D eigenvalue weighted by molar-refractivity contribution is 6.24. The molecule has 0 radical (unpaired) electrons. The Kier molecular flexibility index (Phi) is 9.19. The summed E-state index contributed by atoms with van der Waals surface area (Å²) in [5.74, 6) is -6.56. The Bertz CT molecular complexity index is 1640. The number of benzene rings is 2. The fraction of sp³-hybridized carbons (Fsp3) is 0.472. The van der Waals surface area contributed by atoms with E-state index in [9.17, 15) is 34.8 Å². The molecule has 1 saturated heterocycles. The zero-order chi connectivity index (χ0) is 32.2. The standard InChI is InChI=1S/C35H41N3O7.CH4/c1-37(2)29-24-18-21-17-23-22(20-10-6-8-19(16-20)9-7-15-38-13-4-3-5-14-38)11-12-25(39)27(23)30(40)26(21)32(42)35(24,45)33(43)28(31(29)41)34(36)44;/h6,8,10-12,16,21,24,29,39-40,43,45H,3-5,7,9,13-15,17-18H2,1-2H3,(H2,36,44);1H4/t21-,24-,29-,35-;/m0./s1. The van der Waals surface area contributed by atoms with Crippen LogP contribution >= 0.6 is 0 Å². The summed E-state index contributed by atoms with van der Waals surface area (Å²) in [5, 5.41) is 45.4. The number of phenolic OH excluding ortho intramolecular Hbond substituents is 1. The molecule has 2 aromatic rings. The number of fused-ring (bicyclic) bond motifs is 3. The van der Waals surface area contributed by atoms with Crippen LogP contribution in [0, 0.1) is 11.8 Å². The van der Waals surface area contributed by atoms with E-state index in [1.165, 1.54) is 35.8 Å². The second kappa shape index (κ2) is 12.7. The quantitative estimate of drug-likeness (QED) is 0.287. The summed E-state index contributed by atoms with van der Waals surface area (Å²) in [6, 6.07) is 10.4. The predicted octanol–water partition coefficient (Wildman–Crippen LogP) is 3.69. The SMILES string of the molecule is C.CN(C)[C@@H]1C(=O)C(C(N)=O)=C(O)[C@@]2(O)C(=O)C3=C(O)c4c(O)ccc(-c5cccc(CCCN6CCCCC6)c5)c4C[C@H]3C[C@@H]12. The molecule has 246 valence electrons. The number of likely N-dealkylation sites (N-methyl/N-ethyl adjacent to an activating group) is 1. The molecule has 0 unspecified atom stereocenters. The van der Waals surface area contributed by atoms with E-state index >= 15 is 0 Å². The zero-order valence-corrected chi connectivity index (χ0v) is 25.8. The highest BCUT2D eigenvalue weighted by Crippen LogP contribution is 2.53. The van der Waals surface area contributed by atoms with Crippen molar-refractivity contribution in [1.82, 2.24) is 9.80 Å². The zero-order valence-electron chi connectivity index (χ0n) is 25.8. The Morgan fingerprint density at radius 1 is 1.07 bits per heavy atom. The van der Waals surface area contributed by atoms with E-state index in [1.807, 2.05) is 12.1 Å². The Balaban J connectivity index is 0.00000417. The van der Waals surface area contributed by atoms with E-state index < -0.39 is 58.0 Å².